The number of hydrogen-bond acceptors (Lipinski definition) is 4. The van der Waals surface area contributed by atoms with Crippen LogP contribution >= 0.6 is 24.0 Å². The van der Waals surface area contributed by atoms with Crippen molar-refractivity contribution in [2.75, 3.05) is 37.7 Å². The van der Waals surface area contributed by atoms with E-state index in [4.69, 9.17) is 9.73 Å². The molecule has 0 radical (unpaired) electrons. The molecule has 2 aliphatic heterocycles. The summed E-state index contributed by atoms with van der Waals surface area (Å²) in [6.45, 7) is 7.20. The van der Waals surface area contributed by atoms with Crippen molar-refractivity contribution in [1.82, 2.24) is 20.1 Å². The number of guanidine groups is 1. The van der Waals surface area contributed by atoms with E-state index in [9.17, 15) is 0 Å². The molecule has 2 aromatic rings. The third kappa shape index (κ3) is 4.83. The number of aromatic nitrogens is 3. The van der Waals surface area contributed by atoms with Crippen molar-refractivity contribution in [3.63, 3.8) is 0 Å². The molecule has 1 saturated heterocycles. The van der Waals surface area contributed by atoms with Crippen LogP contribution in [0.25, 0.3) is 0 Å². The van der Waals surface area contributed by atoms with Gasteiger partial charge < -0.3 is 19.5 Å². The highest BCUT2D eigenvalue weighted by atomic mass is 127. The molecule has 1 N–H and O–H groups in total. The minimum absolute atomic E-state index is 0. The molecule has 3 heterocycles. The van der Waals surface area contributed by atoms with Crippen molar-refractivity contribution in [2.45, 2.75) is 32.7 Å². The van der Waals surface area contributed by atoms with Gasteiger partial charge in [0.1, 0.15) is 12.2 Å². The molecule has 1 aromatic heterocycles. The summed E-state index contributed by atoms with van der Waals surface area (Å²) in [6, 6.07) is 8.61. The lowest BCUT2D eigenvalue weighted by Gasteiger charge is -2.23. The molecule has 0 spiro atoms. The minimum atomic E-state index is 0. The van der Waals surface area contributed by atoms with Crippen molar-refractivity contribution < 1.29 is 4.74 Å². The number of aryl methyl sites for hydroxylation is 1. The van der Waals surface area contributed by atoms with Crippen molar-refractivity contribution in [3.8, 4) is 0 Å². The van der Waals surface area contributed by atoms with Gasteiger partial charge in [-0.15, -0.1) is 34.2 Å². The van der Waals surface area contributed by atoms with Crippen molar-refractivity contribution in [3.05, 3.63) is 42.0 Å². The summed E-state index contributed by atoms with van der Waals surface area (Å²) in [5.41, 5.74) is 2.66. The van der Waals surface area contributed by atoms with E-state index < -0.39 is 0 Å². The van der Waals surface area contributed by atoms with Crippen LogP contribution in [0.4, 0.5) is 5.69 Å². The normalized spacial score (nSPS) is 18.8. The quantitative estimate of drug-likeness (QED) is 0.378. The summed E-state index contributed by atoms with van der Waals surface area (Å²) in [4.78, 5) is 7.28. The Kier molecular flexibility index (Phi) is 7.66. The lowest BCUT2D eigenvalue weighted by Crippen LogP contribution is -2.42. The second-order valence-electron chi connectivity index (χ2n) is 7.15. The molecular formula is C20H29IN6O. The Morgan fingerprint density at radius 3 is 3.07 bits per heavy atom. The Morgan fingerprint density at radius 2 is 2.25 bits per heavy atom. The second-order valence-corrected chi connectivity index (χ2v) is 7.15. The van der Waals surface area contributed by atoms with Crippen LogP contribution in [-0.4, -0.2) is 53.6 Å². The maximum absolute atomic E-state index is 5.51. The van der Waals surface area contributed by atoms with Crippen molar-refractivity contribution >= 4 is 35.6 Å². The van der Waals surface area contributed by atoms with Gasteiger partial charge in [-0.05, 0) is 24.5 Å². The highest BCUT2D eigenvalue weighted by Crippen LogP contribution is 2.27. The first-order chi connectivity index (χ1) is 13.3. The zero-order chi connectivity index (χ0) is 18.5. The fourth-order valence-electron chi connectivity index (χ4n) is 3.77. The Labute approximate surface area is 183 Å². The Morgan fingerprint density at radius 1 is 1.36 bits per heavy atom. The van der Waals surface area contributed by atoms with E-state index in [-0.39, 0.29) is 24.0 Å². The summed E-state index contributed by atoms with van der Waals surface area (Å²) in [5, 5.41) is 11.8. The Hall–Kier alpha value is -1.68. The van der Waals surface area contributed by atoms with Gasteiger partial charge in [-0.1, -0.05) is 25.1 Å². The number of nitrogens with one attached hydrogen (secondary N) is 1. The molecular weight excluding hydrogens is 467 g/mol. The third-order valence-electron chi connectivity index (χ3n) is 5.31. The number of ether oxygens (including phenoxy) is 1. The first-order valence-electron chi connectivity index (χ1n) is 9.93. The van der Waals surface area contributed by atoms with Gasteiger partial charge in [-0.3, -0.25) is 4.99 Å². The summed E-state index contributed by atoms with van der Waals surface area (Å²) in [5.74, 6) is 2.52. The number of fused-ring (bicyclic) bond motifs is 1. The topological polar surface area (TPSA) is 67.6 Å². The smallest absolute Gasteiger partial charge is 0.198 e. The average Bonchev–Trinajstić information content (AvgIpc) is 3.45. The molecule has 152 valence electrons. The molecule has 0 bridgehead atoms. The fraction of sp³-hybridized carbons (Fsp3) is 0.550. The van der Waals surface area contributed by atoms with Crippen LogP contribution in [-0.2, 0) is 24.1 Å². The van der Waals surface area contributed by atoms with Crippen LogP contribution in [0.3, 0.4) is 0 Å². The summed E-state index contributed by atoms with van der Waals surface area (Å²) < 4.78 is 7.61. The molecule has 0 saturated carbocycles. The number of rotatable bonds is 6. The molecule has 1 unspecified atom stereocenters. The zero-order valence-electron chi connectivity index (χ0n) is 16.4. The summed E-state index contributed by atoms with van der Waals surface area (Å²) in [6.07, 6.45) is 4.86. The molecule has 1 fully saturated rings. The predicted octanol–water partition coefficient (Wildman–Crippen LogP) is 2.50. The molecule has 28 heavy (non-hydrogen) atoms. The van der Waals surface area contributed by atoms with E-state index in [0.717, 1.165) is 70.4 Å². The van der Waals surface area contributed by atoms with Crippen LogP contribution in [0.15, 0.2) is 35.6 Å². The molecule has 2 aliphatic rings. The Bertz CT molecular complexity index is 787. The number of aliphatic imine (C=N–C) groups is 1. The first-order valence-corrected chi connectivity index (χ1v) is 9.93. The maximum Gasteiger partial charge on any atom is 0.198 e. The van der Waals surface area contributed by atoms with Crippen LogP contribution in [0.1, 0.15) is 24.7 Å². The van der Waals surface area contributed by atoms with E-state index in [0.29, 0.717) is 5.92 Å². The standard InChI is InChI=1S/C20H28N6O.HI/c1-2-19-24-23-15-25(19)11-9-21-20(22-13-16-8-12-27-14-16)26-10-7-17-5-3-4-6-18(17)26;/h3-6,15-16H,2,7-14H2,1H3,(H,21,22);1H. The monoisotopic (exact) mass is 496 g/mol. The molecule has 4 rings (SSSR count). The van der Waals surface area contributed by atoms with Gasteiger partial charge in [0.05, 0.1) is 6.61 Å². The fourth-order valence-corrected chi connectivity index (χ4v) is 3.77. The van der Waals surface area contributed by atoms with Gasteiger partial charge in [-0.25, -0.2) is 0 Å². The summed E-state index contributed by atoms with van der Waals surface area (Å²) >= 11 is 0. The van der Waals surface area contributed by atoms with Gasteiger partial charge in [0, 0.05) is 50.8 Å². The van der Waals surface area contributed by atoms with Gasteiger partial charge >= 0.3 is 0 Å². The number of hydrogen-bond donors (Lipinski definition) is 1. The molecule has 1 aromatic carbocycles. The van der Waals surface area contributed by atoms with Gasteiger partial charge in [0.25, 0.3) is 0 Å². The summed E-state index contributed by atoms with van der Waals surface area (Å²) in [7, 11) is 0. The number of anilines is 1. The molecule has 0 aliphatic carbocycles. The van der Waals surface area contributed by atoms with Crippen molar-refractivity contribution in [1.29, 1.82) is 0 Å². The lowest BCUT2D eigenvalue weighted by molar-refractivity contribution is 0.187. The van der Waals surface area contributed by atoms with Crippen LogP contribution in [0, 0.1) is 5.92 Å². The lowest BCUT2D eigenvalue weighted by atomic mass is 10.1. The van der Waals surface area contributed by atoms with Crippen molar-refractivity contribution in [2.24, 2.45) is 10.9 Å². The highest BCUT2D eigenvalue weighted by Gasteiger charge is 2.23. The van der Waals surface area contributed by atoms with Crippen LogP contribution in [0.5, 0.6) is 0 Å². The van der Waals surface area contributed by atoms with Crippen LogP contribution in [0.2, 0.25) is 0 Å². The first kappa shape index (κ1) is 21.0. The van der Waals surface area contributed by atoms with Gasteiger partial charge in [0.2, 0.25) is 0 Å². The Balaban J connectivity index is 0.00000225. The third-order valence-corrected chi connectivity index (χ3v) is 5.31. The number of halogens is 1. The SMILES string of the molecule is CCc1nncn1CCNC(=NCC1CCOC1)N1CCc2ccccc21.I. The minimum Gasteiger partial charge on any atom is -0.381 e. The highest BCUT2D eigenvalue weighted by molar-refractivity contribution is 14.0. The number of benzene rings is 1. The second kappa shape index (κ2) is 10.2. The number of para-hydroxylation sites is 1. The molecule has 8 heteroatoms. The van der Waals surface area contributed by atoms with E-state index in [2.05, 4.69) is 56.2 Å². The molecule has 7 nitrogen and oxygen atoms in total. The van der Waals surface area contributed by atoms with Gasteiger partial charge in [-0.2, -0.15) is 0 Å². The average molecular weight is 496 g/mol. The van der Waals surface area contributed by atoms with E-state index in [1.807, 2.05) is 0 Å². The molecule has 1 atom stereocenters. The zero-order valence-corrected chi connectivity index (χ0v) is 18.7. The maximum atomic E-state index is 5.51. The van der Waals surface area contributed by atoms with E-state index in [1.165, 1.54) is 11.3 Å². The molecule has 0 amide bonds. The van der Waals surface area contributed by atoms with E-state index >= 15 is 0 Å². The largest absolute Gasteiger partial charge is 0.381 e. The predicted molar refractivity (Wildman–Crippen MR) is 122 cm³/mol. The van der Waals surface area contributed by atoms with Crippen LogP contribution < -0.4 is 10.2 Å². The van der Waals surface area contributed by atoms with Gasteiger partial charge in [0.15, 0.2) is 5.96 Å². The van der Waals surface area contributed by atoms with E-state index in [1.54, 1.807) is 6.33 Å². The number of nitrogens with zero attached hydrogens (tertiary/aromatic N) is 5.